The summed E-state index contributed by atoms with van der Waals surface area (Å²) in [5, 5.41) is 19.8. The monoisotopic (exact) mass is 412 g/mol. The van der Waals surface area contributed by atoms with Crippen LogP contribution in [0.25, 0.3) is 0 Å². The van der Waals surface area contributed by atoms with Gasteiger partial charge in [-0.05, 0) is 31.2 Å². The van der Waals surface area contributed by atoms with E-state index in [0.29, 0.717) is 6.54 Å². The van der Waals surface area contributed by atoms with Gasteiger partial charge < -0.3 is 34.0 Å². The molecule has 1 aliphatic heterocycles. The first kappa shape index (κ1) is 21.1. The van der Waals surface area contributed by atoms with Crippen LogP contribution in [0.15, 0.2) is 60.9 Å². The summed E-state index contributed by atoms with van der Waals surface area (Å²) in [6.07, 6.45) is 2.83. The number of phenolic OH excluding ortho intramolecular Hbond substituents is 2. The average molecular weight is 412 g/mol. The van der Waals surface area contributed by atoms with E-state index in [0.717, 1.165) is 0 Å². The van der Waals surface area contributed by atoms with Crippen LogP contribution in [0.5, 0.6) is 11.5 Å². The van der Waals surface area contributed by atoms with E-state index in [-0.39, 0.29) is 22.6 Å². The zero-order chi connectivity index (χ0) is 21.7. The number of phenols is 2. The molecule has 30 heavy (non-hydrogen) atoms. The number of carbonyl (C=O) groups excluding carboxylic acids is 2. The molecule has 1 aliphatic rings. The molecule has 2 aromatic carbocycles. The lowest BCUT2D eigenvalue weighted by Gasteiger charge is -2.30. The van der Waals surface area contributed by atoms with Crippen molar-refractivity contribution in [2.45, 2.75) is 13.3 Å². The summed E-state index contributed by atoms with van der Waals surface area (Å²) < 4.78 is 16.2. The SMILES string of the molecule is CCN1C=CN(C)C1OB(OC(=O)c1ccccc1O)OC(=O)c1ccccc1O. The van der Waals surface area contributed by atoms with Gasteiger partial charge in [0, 0.05) is 26.0 Å². The van der Waals surface area contributed by atoms with Crippen molar-refractivity contribution >= 4 is 19.3 Å². The number of hydrogen-bond donors (Lipinski definition) is 2. The largest absolute Gasteiger partial charge is 0.795 e. The Morgan fingerprint density at radius 2 is 1.43 bits per heavy atom. The summed E-state index contributed by atoms with van der Waals surface area (Å²) >= 11 is 0. The van der Waals surface area contributed by atoms with Crippen LogP contribution in [0.3, 0.4) is 0 Å². The van der Waals surface area contributed by atoms with Gasteiger partial charge in [-0.25, -0.2) is 9.59 Å². The quantitative estimate of drug-likeness (QED) is 0.661. The number of hydrogen-bond acceptors (Lipinski definition) is 9. The Morgan fingerprint density at radius 3 is 1.90 bits per heavy atom. The maximum atomic E-state index is 12.5. The molecule has 1 atom stereocenters. The molecule has 156 valence electrons. The van der Waals surface area contributed by atoms with Gasteiger partial charge in [0.1, 0.15) is 11.5 Å². The first-order valence-corrected chi connectivity index (χ1v) is 9.20. The molecular weight excluding hydrogens is 391 g/mol. The topological polar surface area (TPSA) is 109 Å². The Hall–Kier alpha value is -3.66. The van der Waals surface area contributed by atoms with E-state index in [1.807, 2.05) is 6.92 Å². The zero-order valence-electron chi connectivity index (χ0n) is 16.5. The van der Waals surface area contributed by atoms with Gasteiger partial charge in [0.15, 0.2) is 0 Å². The summed E-state index contributed by atoms with van der Waals surface area (Å²) in [6.45, 7) is 2.48. The van der Waals surface area contributed by atoms with E-state index in [1.165, 1.54) is 24.3 Å². The van der Waals surface area contributed by atoms with E-state index in [9.17, 15) is 19.8 Å². The van der Waals surface area contributed by atoms with Crippen LogP contribution in [0.2, 0.25) is 0 Å². The molecule has 0 bridgehead atoms. The number of nitrogens with zero attached hydrogens (tertiary/aromatic N) is 2. The van der Waals surface area contributed by atoms with Crippen LogP contribution in [0, 0.1) is 0 Å². The highest BCUT2D eigenvalue weighted by Gasteiger charge is 2.40. The molecule has 3 rings (SSSR count). The average Bonchev–Trinajstić information content (AvgIpc) is 3.07. The van der Waals surface area contributed by atoms with Crippen molar-refractivity contribution < 1.29 is 33.8 Å². The lowest BCUT2D eigenvalue weighted by atomic mass is 10.1. The van der Waals surface area contributed by atoms with Gasteiger partial charge in [-0.15, -0.1) is 0 Å². The zero-order valence-corrected chi connectivity index (χ0v) is 16.5. The second kappa shape index (κ2) is 9.23. The van der Waals surface area contributed by atoms with Crippen molar-refractivity contribution in [3.05, 3.63) is 72.1 Å². The lowest BCUT2D eigenvalue weighted by molar-refractivity contribution is -0.0486. The highest BCUT2D eigenvalue weighted by molar-refractivity contribution is 6.43. The summed E-state index contributed by atoms with van der Waals surface area (Å²) in [4.78, 5) is 28.5. The molecule has 0 amide bonds. The molecule has 9 nitrogen and oxygen atoms in total. The minimum Gasteiger partial charge on any atom is -0.507 e. The summed E-state index contributed by atoms with van der Waals surface area (Å²) in [5.41, 5.74) is -0.232. The van der Waals surface area contributed by atoms with Crippen LogP contribution in [-0.4, -0.2) is 59.2 Å². The van der Waals surface area contributed by atoms with E-state index in [4.69, 9.17) is 14.0 Å². The fraction of sp³-hybridized carbons (Fsp3) is 0.200. The highest BCUT2D eigenvalue weighted by Crippen LogP contribution is 2.22. The van der Waals surface area contributed by atoms with Gasteiger partial charge in [0.05, 0.1) is 11.1 Å². The van der Waals surface area contributed by atoms with Crippen molar-refractivity contribution in [1.29, 1.82) is 0 Å². The van der Waals surface area contributed by atoms with Gasteiger partial charge >= 0.3 is 19.3 Å². The van der Waals surface area contributed by atoms with E-state index in [1.54, 1.807) is 53.5 Å². The van der Waals surface area contributed by atoms with Crippen molar-refractivity contribution in [3.8, 4) is 11.5 Å². The maximum Gasteiger partial charge on any atom is 0.795 e. The van der Waals surface area contributed by atoms with Crippen LogP contribution < -0.4 is 0 Å². The van der Waals surface area contributed by atoms with Crippen LogP contribution >= 0.6 is 0 Å². The normalized spacial score (nSPS) is 15.2. The Morgan fingerprint density at radius 1 is 0.933 bits per heavy atom. The van der Waals surface area contributed by atoms with Crippen LogP contribution in [0.4, 0.5) is 0 Å². The molecule has 1 heterocycles. The number of aromatic hydroxyl groups is 2. The molecular formula is C20H21BN2O7. The molecule has 0 aromatic heterocycles. The number of para-hydroxylation sites is 2. The molecule has 2 N–H and O–H groups in total. The van der Waals surface area contributed by atoms with Crippen molar-refractivity contribution in [1.82, 2.24) is 9.80 Å². The molecule has 0 radical (unpaired) electrons. The fourth-order valence-electron chi connectivity index (χ4n) is 2.78. The van der Waals surface area contributed by atoms with Crippen LogP contribution in [-0.2, 0) is 14.0 Å². The number of rotatable bonds is 7. The predicted octanol–water partition coefficient (Wildman–Crippen LogP) is 2.14. The third kappa shape index (κ3) is 4.66. The lowest BCUT2D eigenvalue weighted by Crippen LogP contribution is -2.46. The van der Waals surface area contributed by atoms with Gasteiger partial charge in [0.2, 0.25) is 6.35 Å². The van der Waals surface area contributed by atoms with Gasteiger partial charge in [-0.2, -0.15) is 0 Å². The molecule has 0 saturated heterocycles. The Kier molecular flexibility index (Phi) is 6.48. The van der Waals surface area contributed by atoms with Gasteiger partial charge in [-0.3, -0.25) is 0 Å². The third-order valence-corrected chi connectivity index (χ3v) is 4.38. The molecule has 0 aliphatic carbocycles. The molecule has 10 heteroatoms. The second-order valence-corrected chi connectivity index (χ2v) is 6.39. The smallest absolute Gasteiger partial charge is 0.507 e. The van der Waals surface area contributed by atoms with Gasteiger partial charge in [0.25, 0.3) is 0 Å². The summed E-state index contributed by atoms with van der Waals surface area (Å²) in [7, 11) is -0.00514. The standard InChI is InChI=1S/C20H21BN2O7/c1-3-23-13-12-22(2)20(23)30-21(28-18(26)14-8-4-6-10-16(14)24)29-19(27)15-9-5-7-11-17(15)25/h4-13,20,24-25H,3H2,1-2H3. The predicted molar refractivity (Wildman–Crippen MR) is 107 cm³/mol. The van der Waals surface area contributed by atoms with Crippen molar-refractivity contribution in [2.24, 2.45) is 0 Å². The van der Waals surface area contributed by atoms with E-state index in [2.05, 4.69) is 0 Å². The molecule has 1 unspecified atom stereocenters. The Balaban J connectivity index is 1.81. The minimum atomic E-state index is -1.74. The molecule has 0 spiro atoms. The highest BCUT2D eigenvalue weighted by atomic mass is 16.8. The Bertz CT molecular complexity index is 893. The summed E-state index contributed by atoms with van der Waals surface area (Å²) in [5.74, 6) is -2.47. The maximum absolute atomic E-state index is 12.5. The summed E-state index contributed by atoms with van der Waals surface area (Å²) in [6, 6.07) is 11.6. The number of carbonyl (C=O) groups is 2. The van der Waals surface area contributed by atoms with Crippen molar-refractivity contribution in [3.63, 3.8) is 0 Å². The van der Waals surface area contributed by atoms with E-state index < -0.39 is 25.6 Å². The third-order valence-electron chi connectivity index (χ3n) is 4.38. The van der Waals surface area contributed by atoms with E-state index >= 15 is 0 Å². The first-order valence-electron chi connectivity index (χ1n) is 9.20. The fourth-order valence-corrected chi connectivity index (χ4v) is 2.78. The first-order chi connectivity index (χ1) is 14.4. The number of benzene rings is 2. The van der Waals surface area contributed by atoms with Gasteiger partial charge in [-0.1, -0.05) is 24.3 Å². The van der Waals surface area contributed by atoms with Crippen LogP contribution in [0.1, 0.15) is 27.6 Å². The minimum absolute atomic E-state index is 0.116. The molecule has 0 fully saturated rings. The molecule has 0 saturated carbocycles. The second-order valence-electron chi connectivity index (χ2n) is 6.39. The Labute approximate surface area is 173 Å². The molecule has 2 aromatic rings. The van der Waals surface area contributed by atoms with Crippen molar-refractivity contribution in [2.75, 3.05) is 13.6 Å².